The van der Waals surface area contributed by atoms with Crippen LogP contribution in [0.3, 0.4) is 0 Å². The van der Waals surface area contributed by atoms with Gasteiger partial charge in [0.05, 0.1) is 11.8 Å². The molecule has 4 heteroatoms. The van der Waals surface area contributed by atoms with Crippen LogP contribution in [0, 0.1) is 13.8 Å². The van der Waals surface area contributed by atoms with Crippen LogP contribution in [-0.4, -0.2) is 10.8 Å². The summed E-state index contributed by atoms with van der Waals surface area (Å²) in [6.07, 6.45) is 3.07. The summed E-state index contributed by atoms with van der Waals surface area (Å²) in [4.78, 5) is 16.1. The van der Waals surface area contributed by atoms with Gasteiger partial charge in [0.1, 0.15) is 5.82 Å². The predicted molar refractivity (Wildman–Crippen MR) is 60.3 cm³/mol. The van der Waals surface area contributed by atoms with Crippen molar-refractivity contribution in [3.63, 3.8) is 0 Å². The molecule has 2 aromatic heterocycles. The first-order chi connectivity index (χ1) is 7.61. The van der Waals surface area contributed by atoms with Crippen LogP contribution < -0.4 is 5.73 Å². The molecule has 82 valence electrons. The zero-order valence-corrected chi connectivity index (χ0v) is 9.15. The standard InChI is InChI=1S/C12H12N2O2/c1-7-3-5-14-12(13)9(7)10(15)11-8(2)4-6-16-11/h3-6H,1-2H3,(H2,13,14). The molecule has 0 aliphatic carbocycles. The number of carbonyl (C=O) groups excluding carboxylic acids is 1. The number of hydrogen-bond donors (Lipinski definition) is 1. The van der Waals surface area contributed by atoms with Gasteiger partial charge in [0.15, 0.2) is 5.76 Å². The van der Waals surface area contributed by atoms with E-state index in [9.17, 15) is 4.79 Å². The number of hydrogen-bond acceptors (Lipinski definition) is 4. The molecule has 2 heterocycles. The summed E-state index contributed by atoms with van der Waals surface area (Å²) >= 11 is 0. The van der Waals surface area contributed by atoms with Gasteiger partial charge in [-0.1, -0.05) is 0 Å². The predicted octanol–water partition coefficient (Wildman–Crippen LogP) is 2.10. The molecule has 0 amide bonds. The SMILES string of the molecule is Cc1ccoc1C(=O)c1c(C)ccnc1N. The molecule has 0 bridgehead atoms. The van der Waals surface area contributed by atoms with E-state index in [0.717, 1.165) is 11.1 Å². The highest BCUT2D eigenvalue weighted by atomic mass is 16.3. The molecule has 0 saturated carbocycles. The Morgan fingerprint density at radius 1 is 1.31 bits per heavy atom. The second-order valence-corrected chi connectivity index (χ2v) is 3.65. The van der Waals surface area contributed by atoms with Crippen LogP contribution in [0.25, 0.3) is 0 Å². The van der Waals surface area contributed by atoms with Crippen LogP contribution in [-0.2, 0) is 0 Å². The molecule has 2 rings (SSSR count). The minimum atomic E-state index is -0.217. The van der Waals surface area contributed by atoms with E-state index < -0.39 is 0 Å². The van der Waals surface area contributed by atoms with Gasteiger partial charge in [-0.2, -0.15) is 0 Å². The Morgan fingerprint density at radius 2 is 2.06 bits per heavy atom. The maximum Gasteiger partial charge on any atom is 0.232 e. The fourth-order valence-electron chi connectivity index (χ4n) is 1.59. The van der Waals surface area contributed by atoms with Gasteiger partial charge in [-0.25, -0.2) is 4.98 Å². The summed E-state index contributed by atoms with van der Waals surface area (Å²) in [6.45, 7) is 3.64. The number of nitrogen functional groups attached to an aromatic ring is 1. The van der Waals surface area contributed by atoms with Crippen LogP contribution in [0.1, 0.15) is 27.2 Å². The third kappa shape index (κ3) is 1.58. The molecule has 0 atom stereocenters. The Hall–Kier alpha value is -2.10. The van der Waals surface area contributed by atoms with E-state index in [-0.39, 0.29) is 11.6 Å². The normalized spacial score (nSPS) is 10.4. The van der Waals surface area contributed by atoms with Gasteiger partial charge < -0.3 is 10.2 Å². The van der Waals surface area contributed by atoms with Gasteiger partial charge in [-0.15, -0.1) is 0 Å². The molecule has 0 fully saturated rings. The van der Waals surface area contributed by atoms with Crippen molar-refractivity contribution < 1.29 is 9.21 Å². The Bertz CT molecular complexity index is 523. The lowest BCUT2D eigenvalue weighted by Gasteiger charge is -2.05. The summed E-state index contributed by atoms with van der Waals surface area (Å²) in [5.74, 6) is 0.342. The number of furan rings is 1. The number of pyridine rings is 1. The molecule has 2 aromatic rings. The molecular weight excluding hydrogens is 204 g/mol. The van der Waals surface area contributed by atoms with Crippen molar-refractivity contribution in [3.8, 4) is 0 Å². The number of aryl methyl sites for hydroxylation is 2. The topological polar surface area (TPSA) is 69.1 Å². The quantitative estimate of drug-likeness (QED) is 0.780. The van der Waals surface area contributed by atoms with Crippen molar-refractivity contribution in [1.29, 1.82) is 0 Å². The van der Waals surface area contributed by atoms with Crippen LogP contribution >= 0.6 is 0 Å². The summed E-state index contributed by atoms with van der Waals surface area (Å²) in [5, 5.41) is 0. The summed E-state index contributed by atoms with van der Waals surface area (Å²) < 4.78 is 5.16. The van der Waals surface area contributed by atoms with Crippen LogP contribution in [0.15, 0.2) is 29.0 Å². The van der Waals surface area contributed by atoms with Crippen molar-refractivity contribution in [2.45, 2.75) is 13.8 Å². The van der Waals surface area contributed by atoms with Crippen molar-refractivity contribution in [1.82, 2.24) is 4.98 Å². The largest absolute Gasteiger partial charge is 0.461 e. The molecule has 0 saturated heterocycles. The van der Waals surface area contributed by atoms with E-state index in [1.54, 1.807) is 18.3 Å². The fourth-order valence-corrected chi connectivity index (χ4v) is 1.59. The molecule has 0 aliphatic heterocycles. The first-order valence-electron chi connectivity index (χ1n) is 4.91. The Balaban J connectivity index is 2.54. The molecule has 4 nitrogen and oxygen atoms in total. The van der Waals surface area contributed by atoms with Crippen molar-refractivity contribution >= 4 is 11.6 Å². The number of ketones is 1. The molecule has 2 N–H and O–H groups in total. The second kappa shape index (κ2) is 3.81. The van der Waals surface area contributed by atoms with Crippen molar-refractivity contribution in [2.75, 3.05) is 5.73 Å². The van der Waals surface area contributed by atoms with E-state index in [0.29, 0.717) is 11.3 Å². The lowest BCUT2D eigenvalue weighted by molar-refractivity contribution is 0.101. The maximum absolute atomic E-state index is 12.2. The number of aromatic nitrogens is 1. The first-order valence-corrected chi connectivity index (χ1v) is 4.91. The molecule has 0 aromatic carbocycles. The molecular formula is C12H12N2O2. The van der Waals surface area contributed by atoms with Gasteiger partial charge in [0.2, 0.25) is 5.78 Å². The van der Waals surface area contributed by atoms with Crippen LogP contribution in [0.5, 0.6) is 0 Å². The summed E-state index contributed by atoms with van der Waals surface area (Å²) in [5.41, 5.74) is 7.72. The number of carbonyl (C=O) groups is 1. The highest BCUT2D eigenvalue weighted by Gasteiger charge is 2.20. The summed E-state index contributed by atoms with van der Waals surface area (Å²) in [6, 6.07) is 3.50. The Morgan fingerprint density at radius 3 is 2.62 bits per heavy atom. The average molecular weight is 216 g/mol. The number of rotatable bonds is 2. The number of nitrogens with two attached hydrogens (primary N) is 1. The third-order valence-electron chi connectivity index (χ3n) is 2.48. The van der Waals surface area contributed by atoms with Gasteiger partial charge in [0.25, 0.3) is 0 Å². The lowest BCUT2D eigenvalue weighted by Crippen LogP contribution is -2.09. The number of nitrogens with zero attached hydrogens (tertiary/aromatic N) is 1. The smallest absolute Gasteiger partial charge is 0.232 e. The third-order valence-corrected chi connectivity index (χ3v) is 2.48. The Labute approximate surface area is 93.1 Å². The minimum absolute atomic E-state index is 0.217. The zero-order valence-electron chi connectivity index (χ0n) is 9.15. The van der Waals surface area contributed by atoms with E-state index in [2.05, 4.69) is 4.98 Å². The van der Waals surface area contributed by atoms with Crippen LogP contribution in [0.2, 0.25) is 0 Å². The molecule has 0 aliphatic rings. The molecule has 0 unspecified atom stereocenters. The fraction of sp³-hybridized carbons (Fsp3) is 0.167. The van der Waals surface area contributed by atoms with Gasteiger partial charge in [-0.3, -0.25) is 4.79 Å². The van der Waals surface area contributed by atoms with Crippen molar-refractivity contribution in [2.24, 2.45) is 0 Å². The zero-order chi connectivity index (χ0) is 11.7. The summed E-state index contributed by atoms with van der Waals surface area (Å²) in [7, 11) is 0. The molecule has 16 heavy (non-hydrogen) atoms. The monoisotopic (exact) mass is 216 g/mol. The van der Waals surface area contributed by atoms with Crippen molar-refractivity contribution in [3.05, 3.63) is 47.0 Å². The molecule has 0 spiro atoms. The van der Waals surface area contributed by atoms with Crippen LogP contribution in [0.4, 0.5) is 5.82 Å². The second-order valence-electron chi connectivity index (χ2n) is 3.65. The highest BCUT2D eigenvalue weighted by Crippen LogP contribution is 2.20. The van der Waals surface area contributed by atoms with Gasteiger partial charge >= 0.3 is 0 Å². The van der Waals surface area contributed by atoms with E-state index >= 15 is 0 Å². The first kappa shape index (κ1) is 10.4. The maximum atomic E-state index is 12.2. The van der Waals surface area contributed by atoms with Gasteiger partial charge in [0, 0.05) is 6.20 Å². The Kier molecular flexibility index (Phi) is 2.48. The number of anilines is 1. The minimum Gasteiger partial charge on any atom is -0.461 e. The highest BCUT2D eigenvalue weighted by molar-refractivity contribution is 6.11. The van der Waals surface area contributed by atoms with E-state index in [4.69, 9.17) is 10.2 Å². The van der Waals surface area contributed by atoms with E-state index in [1.165, 1.54) is 6.26 Å². The van der Waals surface area contributed by atoms with E-state index in [1.807, 2.05) is 13.8 Å². The van der Waals surface area contributed by atoms with Gasteiger partial charge in [-0.05, 0) is 37.1 Å². The average Bonchev–Trinajstić information content (AvgIpc) is 2.64. The lowest BCUT2D eigenvalue weighted by atomic mass is 10.0. The molecule has 0 radical (unpaired) electrons.